The fourth-order valence-corrected chi connectivity index (χ4v) is 4.40. The summed E-state index contributed by atoms with van der Waals surface area (Å²) in [6.07, 6.45) is 2.92. The van der Waals surface area contributed by atoms with E-state index >= 15 is 0 Å². The Morgan fingerprint density at radius 3 is 3.00 bits per heavy atom. The Bertz CT molecular complexity index is 1070. The Morgan fingerprint density at radius 1 is 1.38 bits per heavy atom. The van der Waals surface area contributed by atoms with Crippen molar-refractivity contribution in [2.45, 2.75) is 25.9 Å². The van der Waals surface area contributed by atoms with Gasteiger partial charge in [0.25, 0.3) is 5.56 Å². The molecule has 1 aliphatic carbocycles. The maximum absolute atomic E-state index is 13.9. The second-order valence-corrected chi connectivity index (χ2v) is 7.06. The zero-order valence-corrected chi connectivity index (χ0v) is 14.7. The fraction of sp³-hybridized carbons (Fsp3) is 0.278. The highest BCUT2D eigenvalue weighted by molar-refractivity contribution is 7.18. The first-order chi connectivity index (χ1) is 12.6. The number of aryl methyl sites for hydroxylation is 2. The van der Waals surface area contributed by atoms with Crippen molar-refractivity contribution in [2.24, 2.45) is 0 Å². The number of aromatic nitrogens is 2. The molecule has 0 unspecified atom stereocenters. The summed E-state index contributed by atoms with van der Waals surface area (Å²) in [5.41, 5.74) is 0.656. The maximum Gasteiger partial charge on any atom is 0.341 e. The van der Waals surface area contributed by atoms with Crippen molar-refractivity contribution >= 4 is 27.5 Å². The van der Waals surface area contributed by atoms with Crippen molar-refractivity contribution in [3.8, 4) is 5.75 Å². The van der Waals surface area contributed by atoms with E-state index < -0.39 is 11.8 Å². The molecule has 0 radical (unpaired) electrons. The van der Waals surface area contributed by atoms with Crippen molar-refractivity contribution < 1.29 is 18.7 Å². The molecule has 4 rings (SSSR count). The molecule has 3 aromatic rings. The third-order valence-corrected chi connectivity index (χ3v) is 5.55. The lowest BCUT2D eigenvalue weighted by atomic mass is 10.2. The molecule has 6 nitrogen and oxygen atoms in total. The number of thiophene rings is 1. The Kier molecular flexibility index (Phi) is 4.20. The van der Waals surface area contributed by atoms with Gasteiger partial charge in [0.15, 0.2) is 0 Å². The van der Waals surface area contributed by atoms with Crippen LogP contribution in [0.25, 0.3) is 10.2 Å². The minimum absolute atomic E-state index is 0.204. The van der Waals surface area contributed by atoms with E-state index in [4.69, 9.17) is 9.47 Å². The molecule has 0 spiro atoms. The molecule has 2 aromatic heterocycles. The number of halogens is 1. The number of nitrogens with zero attached hydrogens (tertiary/aromatic N) is 1. The molecule has 0 fully saturated rings. The quantitative estimate of drug-likeness (QED) is 0.710. The first kappa shape index (κ1) is 16.7. The molecular weight excluding hydrogens is 359 g/mol. The number of carbonyl (C=O) groups excluding carboxylic acids is 1. The van der Waals surface area contributed by atoms with Crippen LogP contribution in [-0.2, 0) is 24.2 Å². The van der Waals surface area contributed by atoms with E-state index in [-0.39, 0.29) is 23.6 Å². The van der Waals surface area contributed by atoms with E-state index in [0.29, 0.717) is 16.0 Å². The van der Waals surface area contributed by atoms with Crippen molar-refractivity contribution in [1.82, 2.24) is 9.97 Å². The Labute approximate surface area is 151 Å². The van der Waals surface area contributed by atoms with E-state index in [1.54, 1.807) is 0 Å². The van der Waals surface area contributed by atoms with E-state index in [9.17, 15) is 14.0 Å². The molecule has 0 saturated carbocycles. The molecule has 0 atom stereocenters. The lowest BCUT2D eigenvalue weighted by Crippen LogP contribution is -2.15. The molecule has 0 saturated heterocycles. The molecule has 1 N–H and O–H groups in total. The molecule has 134 valence electrons. The van der Waals surface area contributed by atoms with Crippen LogP contribution in [0, 0.1) is 5.82 Å². The number of nitrogens with one attached hydrogen (secondary N) is 1. The zero-order chi connectivity index (χ0) is 18.3. The van der Waals surface area contributed by atoms with Gasteiger partial charge in [0.05, 0.1) is 18.1 Å². The van der Waals surface area contributed by atoms with Gasteiger partial charge < -0.3 is 14.5 Å². The molecule has 0 bridgehead atoms. The standard InChI is InChI=1S/C18H15FN2O4S/c1-24-9-5-6-10(12(19)7-9)18(23)25-8-14-20-16(22)15-11-3-2-4-13(11)26-17(15)21-14/h5-7H,2-4,8H2,1H3,(H,20,21,22). The van der Waals surface area contributed by atoms with Crippen LogP contribution in [0.4, 0.5) is 4.39 Å². The van der Waals surface area contributed by atoms with Crippen LogP contribution in [0.3, 0.4) is 0 Å². The van der Waals surface area contributed by atoms with Crippen LogP contribution in [0.5, 0.6) is 5.75 Å². The number of ether oxygens (including phenoxy) is 2. The molecule has 0 aliphatic heterocycles. The fourth-order valence-electron chi connectivity index (χ4n) is 3.12. The van der Waals surface area contributed by atoms with Crippen LogP contribution in [0.15, 0.2) is 23.0 Å². The summed E-state index contributed by atoms with van der Waals surface area (Å²) in [6.45, 7) is -0.238. The topological polar surface area (TPSA) is 81.3 Å². The van der Waals surface area contributed by atoms with E-state index in [1.165, 1.54) is 35.5 Å². The largest absolute Gasteiger partial charge is 0.497 e. The van der Waals surface area contributed by atoms with E-state index in [0.717, 1.165) is 30.9 Å². The van der Waals surface area contributed by atoms with Gasteiger partial charge in [-0.1, -0.05) is 0 Å². The van der Waals surface area contributed by atoms with Gasteiger partial charge in [-0.3, -0.25) is 4.79 Å². The molecule has 0 amide bonds. The van der Waals surface area contributed by atoms with Crippen molar-refractivity contribution in [2.75, 3.05) is 7.11 Å². The second kappa shape index (κ2) is 6.53. The van der Waals surface area contributed by atoms with Gasteiger partial charge in [-0.15, -0.1) is 11.3 Å². The molecular formula is C18H15FN2O4S. The maximum atomic E-state index is 13.9. The third-order valence-electron chi connectivity index (χ3n) is 4.36. The van der Waals surface area contributed by atoms with Gasteiger partial charge in [-0.2, -0.15) is 0 Å². The summed E-state index contributed by atoms with van der Waals surface area (Å²) < 4.78 is 23.9. The van der Waals surface area contributed by atoms with Crippen LogP contribution in [0.1, 0.15) is 33.0 Å². The molecule has 1 aromatic carbocycles. The monoisotopic (exact) mass is 374 g/mol. The summed E-state index contributed by atoms with van der Waals surface area (Å²) in [5, 5.41) is 0.638. The van der Waals surface area contributed by atoms with Gasteiger partial charge in [0, 0.05) is 10.9 Å². The van der Waals surface area contributed by atoms with E-state index in [2.05, 4.69) is 9.97 Å². The Balaban J connectivity index is 1.55. The first-order valence-corrected chi connectivity index (χ1v) is 8.92. The minimum Gasteiger partial charge on any atom is -0.497 e. The van der Waals surface area contributed by atoms with Gasteiger partial charge in [0.1, 0.15) is 28.8 Å². The van der Waals surface area contributed by atoms with Crippen LogP contribution in [0.2, 0.25) is 0 Å². The first-order valence-electron chi connectivity index (χ1n) is 8.11. The average molecular weight is 374 g/mol. The lowest BCUT2D eigenvalue weighted by molar-refractivity contribution is 0.0457. The second-order valence-electron chi connectivity index (χ2n) is 5.97. The average Bonchev–Trinajstić information content (AvgIpc) is 3.20. The highest BCUT2D eigenvalue weighted by Crippen LogP contribution is 2.34. The highest BCUT2D eigenvalue weighted by atomic mass is 32.1. The highest BCUT2D eigenvalue weighted by Gasteiger charge is 2.21. The molecule has 1 aliphatic rings. The number of benzene rings is 1. The SMILES string of the molecule is COc1ccc(C(=O)OCc2nc3sc4c(c3c(=O)[nH]2)CCC4)c(F)c1. The number of aromatic amines is 1. The van der Waals surface area contributed by atoms with Gasteiger partial charge in [-0.05, 0) is 37.0 Å². The van der Waals surface area contributed by atoms with Crippen molar-refractivity contribution in [3.05, 3.63) is 56.2 Å². The summed E-state index contributed by atoms with van der Waals surface area (Å²) in [6, 6.07) is 3.87. The van der Waals surface area contributed by atoms with Crippen LogP contribution < -0.4 is 10.3 Å². The van der Waals surface area contributed by atoms with Gasteiger partial charge >= 0.3 is 5.97 Å². The summed E-state index contributed by atoms with van der Waals surface area (Å²) in [5.74, 6) is -1.02. The number of carbonyl (C=O) groups is 1. The Morgan fingerprint density at radius 2 is 2.23 bits per heavy atom. The predicted octanol–water partition coefficient (Wildman–Crippen LogP) is 2.98. The number of hydrogen-bond donors (Lipinski definition) is 1. The normalized spacial score (nSPS) is 13.0. The number of hydrogen-bond acceptors (Lipinski definition) is 6. The smallest absolute Gasteiger partial charge is 0.341 e. The summed E-state index contributed by atoms with van der Waals surface area (Å²) in [7, 11) is 1.41. The number of methoxy groups -OCH3 is 1. The van der Waals surface area contributed by atoms with Gasteiger partial charge in [-0.25, -0.2) is 14.2 Å². The van der Waals surface area contributed by atoms with Gasteiger partial charge in [0.2, 0.25) is 0 Å². The molecule has 8 heteroatoms. The van der Waals surface area contributed by atoms with Crippen LogP contribution in [-0.4, -0.2) is 23.0 Å². The lowest BCUT2D eigenvalue weighted by Gasteiger charge is -2.07. The van der Waals surface area contributed by atoms with Crippen molar-refractivity contribution in [3.63, 3.8) is 0 Å². The number of rotatable bonds is 4. The van der Waals surface area contributed by atoms with Crippen LogP contribution >= 0.6 is 11.3 Å². The number of esters is 1. The van der Waals surface area contributed by atoms with E-state index in [1.807, 2.05) is 0 Å². The predicted molar refractivity (Wildman–Crippen MR) is 94.3 cm³/mol. The molecule has 2 heterocycles. The number of fused-ring (bicyclic) bond motifs is 3. The van der Waals surface area contributed by atoms with Crippen molar-refractivity contribution in [1.29, 1.82) is 0 Å². The minimum atomic E-state index is -0.832. The third kappa shape index (κ3) is 2.86. The Hall–Kier alpha value is -2.74. The number of H-pyrrole nitrogens is 1. The molecule has 26 heavy (non-hydrogen) atoms. The summed E-state index contributed by atoms with van der Waals surface area (Å²) in [4.78, 5) is 33.3. The zero-order valence-electron chi connectivity index (χ0n) is 13.9. The summed E-state index contributed by atoms with van der Waals surface area (Å²) >= 11 is 1.51.